The second kappa shape index (κ2) is 6.87. The summed E-state index contributed by atoms with van der Waals surface area (Å²) >= 11 is 5.63. The molecule has 1 amide bonds. The number of halogens is 4. The van der Waals surface area contributed by atoms with Gasteiger partial charge in [0.1, 0.15) is 0 Å². The number of aryl methyl sites for hydroxylation is 1. The fourth-order valence-corrected chi connectivity index (χ4v) is 1.73. The molecule has 0 aromatic carbocycles. The molecule has 0 radical (unpaired) electrons. The molecule has 24 heavy (non-hydrogen) atoms. The summed E-state index contributed by atoms with van der Waals surface area (Å²) in [5.74, 6) is -2.24. The molecule has 1 N–H and O–H groups in total. The zero-order valence-corrected chi connectivity index (χ0v) is 12.7. The van der Waals surface area contributed by atoms with Gasteiger partial charge in [0.05, 0.1) is 16.3 Å². The number of ether oxygens (including phenoxy) is 1. The van der Waals surface area contributed by atoms with Crippen LogP contribution in [0.3, 0.4) is 0 Å². The number of hydrogen-bond donors (Lipinski definition) is 1. The molecule has 0 spiro atoms. The lowest BCUT2D eigenvalue weighted by molar-refractivity contribution is -0.137. The molecule has 0 bridgehead atoms. The number of esters is 1. The molecule has 0 fully saturated rings. The Morgan fingerprint density at radius 3 is 2.62 bits per heavy atom. The Hall–Kier alpha value is -2.62. The average Bonchev–Trinajstić information content (AvgIpc) is 2.92. The summed E-state index contributed by atoms with van der Waals surface area (Å²) in [6.07, 6.45) is -4.09. The fraction of sp³-hybridized carbons (Fsp3) is 0.231. The van der Waals surface area contributed by atoms with E-state index in [9.17, 15) is 22.8 Å². The van der Waals surface area contributed by atoms with Gasteiger partial charge in [-0.3, -0.25) is 4.79 Å². The van der Waals surface area contributed by atoms with Crippen LogP contribution in [0.4, 0.5) is 19.0 Å². The zero-order valence-electron chi connectivity index (χ0n) is 12.0. The number of rotatable bonds is 4. The van der Waals surface area contributed by atoms with E-state index in [4.69, 9.17) is 11.6 Å². The molecule has 2 aromatic heterocycles. The Morgan fingerprint density at radius 1 is 1.38 bits per heavy atom. The monoisotopic (exact) mass is 363 g/mol. The quantitative estimate of drug-likeness (QED) is 0.839. The van der Waals surface area contributed by atoms with Gasteiger partial charge < -0.3 is 14.6 Å². The molecule has 0 unspecified atom stereocenters. The third kappa shape index (κ3) is 4.44. The summed E-state index contributed by atoms with van der Waals surface area (Å²) in [5, 5.41) is 5.20. The van der Waals surface area contributed by atoms with Crippen LogP contribution in [0.15, 0.2) is 22.9 Å². The van der Waals surface area contributed by atoms with Crippen LogP contribution in [0.25, 0.3) is 0 Å². The first kappa shape index (κ1) is 17.7. The maximum atomic E-state index is 12.5. The molecule has 2 rings (SSSR count). The summed E-state index contributed by atoms with van der Waals surface area (Å²) in [6.45, 7) is 0.878. The summed E-state index contributed by atoms with van der Waals surface area (Å²) < 4.78 is 46.7. The highest BCUT2D eigenvalue weighted by atomic mass is 35.5. The SMILES string of the molecule is Cc1cc(C(=O)OCC(=O)Nc2ncc(C(F)(F)F)cc2Cl)on1. The van der Waals surface area contributed by atoms with Crippen molar-refractivity contribution in [2.75, 3.05) is 11.9 Å². The van der Waals surface area contributed by atoms with Crippen molar-refractivity contribution in [1.29, 1.82) is 0 Å². The molecule has 2 heterocycles. The first-order valence-electron chi connectivity index (χ1n) is 6.30. The second-order valence-corrected chi connectivity index (χ2v) is 4.92. The number of nitrogens with zero attached hydrogens (tertiary/aromatic N) is 2. The van der Waals surface area contributed by atoms with E-state index in [1.807, 2.05) is 0 Å². The highest BCUT2D eigenvalue weighted by Gasteiger charge is 2.31. The van der Waals surface area contributed by atoms with E-state index < -0.39 is 35.2 Å². The van der Waals surface area contributed by atoms with Gasteiger partial charge in [-0.1, -0.05) is 16.8 Å². The maximum Gasteiger partial charge on any atom is 0.417 e. The largest absolute Gasteiger partial charge is 0.450 e. The summed E-state index contributed by atoms with van der Waals surface area (Å²) in [7, 11) is 0. The number of anilines is 1. The number of aromatic nitrogens is 2. The van der Waals surface area contributed by atoms with Gasteiger partial charge in [-0.05, 0) is 13.0 Å². The van der Waals surface area contributed by atoms with Crippen molar-refractivity contribution in [3.63, 3.8) is 0 Å². The molecular weight excluding hydrogens is 355 g/mol. The topological polar surface area (TPSA) is 94.3 Å². The Kier molecular flexibility index (Phi) is 5.07. The van der Waals surface area contributed by atoms with Crippen LogP contribution < -0.4 is 5.32 Å². The molecule has 0 saturated carbocycles. The van der Waals surface area contributed by atoms with Crippen LogP contribution >= 0.6 is 11.6 Å². The number of amides is 1. The lowest BCUT2D eigenvalue weighted by Crippen LogP contribution is -2.21. The average molecular weight is 364 g/mol. The molecule has 2 aromatic rings. The van der Waals surface area contributed by atoms with Crippen LogP contribution in [0, 0.1) is 6.92 Å². The number of alkyl halides is 3. The van der Waals surface area contributed by atoms with Gasteiger partial charge in [0.2, 0.25) is 5.76 Å². The molecule has 0 aliphatic heterocycles. The van der Waals surface area contributed by atoms with E-state index >= 15 is 0 Å². The van der Waals surface area contributed by atoms with Crippen molar-refractivity contribution in [3.05, 3.63) is 40.4 Å². The number of carbonyl (C=O) groups is 2. The van der Waals surface area contributed by atoms with Gasteiger partial charge in [-0.15, -0.1) is 0 Å². The number of nitrogens with one attached hydrogen (secondary N) is 1. The normalized spacial score (nSPS) is 11.2. The molecule has 0 aliphatic carbocycles. The number of carbonyl (C=O) groups excluding carboxylic acids is 2. The first-order valence-corrected chi connectivity index (χ1v) is 6.67. The second-order valence-electron chi connectivity index (χ2n) is 4.51. The smallest absolute Gasteiger partial charge is 0.417 e. The van der Waals surface area contributed by atoms with Gasteiger partial charge in [0, 0.05) is 12.3 Å². The lowest BCUT2D eigenvalue weighted by Gasteiger charge is -2.10. The van der Waals surface area contributed by atoms with Crippen LogP contribution in [-0.2, 0) is 15.7 Å². The van der Waals surface area contributed by atoms with Crippen molar-refractivity contribution in [2.45, 2.75) is 13.1 Å². The van der Waals surface area contributed by atoms with Crippen LogP contribution in [0.1, 0.15) is 21.8 Å². The predicted molar refractivity (Wildman–Crippen MR) is 74.4 cm³/mol. The first-order chi connectivity index (χ1) is 11.2. The molecule has 128 valence electrons. The summed E-state index contributed by atoms with van der Waals surface area (Å²) in [4.78, 5) is 26.6. The fourth-order valence-electron chi connectivity index (χ4n) is 1.52. The van der Waals surface area contributed by atoms with Crippen LogP contribution in [0.2, 0.25) is 5.02 Å². The maximum absolute atomic E-state index is 12.5. The van der Waals surface area contributed by atoms with Crippen molar-refractivity contribution >= 4 is 29.3 Å². The standard InChI is InChI=1S/C13H9ClF3N3O4/c1-6-2-9(24-20-6)12(22)23-5-10(21)19-11-8(14)3-7(4-18-11)13(15,16)17/h2-4H,5H2,1H3,(H,18,19,21). The van der Waals surface area contributed by atoms with Crippen molar-refractivity contribution < 1.29 is 32.0 Å². The Labute approximate surface area is 137 Å². The predicted octanol–water partition coefficient (Wildman–Crippen LogP) is 2.85. The van der Waals surface area contributed by atoms with E-state index in [0.717, 1.165) is 0 Å². The minimum Gasteiger partial charge on any atom is -0.450 e. The van der Waals surface area contributed by atoms with Gasteiger partial charge in [0.15, 0.2) is 12.4 Å². The molecule has 0 aliphatic rings. The van der Waals surface area contributed by atoms with Gasteiger partial charge in [-0.2, -0.15) is 13.2 Å². The van der Waals surface area contributed by atoms with Gasteiger partial charge in [0.25, 0.3) is 5.91 Å². The lowest BCUT2D eigenvalue weighted by atomic mass is 10.3. The molecule has 11 heteroatoms. The minimum absolute atomic E-state index is 0.189. The highest BCUT2D eigenvalue weighted by Crippen LogP contribution is 2.32. The van der Waals surface area contributed by atoms with Crippen molar-refractivity contribution in [2.24, 2.45) is 0 Å². The van der Waals surface area contributed by atoms with Crippen LogP contribution in [0.5, 0.6) is 0 Å². The van der Waals surface area contributed by atoms with Crippen molar-refractivity contribution in [3.8, 4) is 0 Å². The third-order valence-electron chi connectivity index (χ3n) is 2.59. The van der Waals surface area contributed by atoms with E-state index in [2.05, 4.69) is 24.7 Å². The molecule has 7 nitrogen and oxygen atoms in total. The molecule has 0 atom stereocenters. The van der Waals surface area contributed by atoms with Gasteiger partial charge in [-0.25, -0.2) is 9.78 Å². The Balaban J connectivity index is 1.94. The molecular formula is C13H9ClF3N3O4. The van der Waals surface area contributed by atoms with E-state index in [1.54, 1.807) is 6.92 Å². The van der Waals surface area contributed by atoms with Gasteiger partial charge >= 0.3 is 12.1 Å². The van der Waals surface area contributed by atoms with E-state index in [1.165, 1.54) is 6.07 Å². The number of pyridine rings is 1. The third-order valence-corrected chi connectivity index (χ3v) is 2.88. The summed E-state index contributed by atoms with van der Waals surface area (Å²) in [6, 6.07) is 1.93. The molecule has 0 saturated heterocycles. The Bertz CT molecular complexity index is 776. The highest BCUT2D eigenvalue weighted by molar-refractivity contribution is 6.33. The summed E-state index contributed by atoms with van der Waals surface area (Å²) in [5.41, 5.74) is -0.607. The zero-order chi connectivity index (χ0) is 17.9. The van der Waals surface area contributed by atoms with E-state index in [0.29, 0.717) is 18.0 Å². The Morgan fingerprint density at radius 2 is 2.08 bits per heavy atom. The van der Waals surface area contributed by atoms with Crippen molar-refractivity contribution in [1.82, 2.24) is 10.1 Å². The number of hydrogen-bond acceptors (Lipinski definition) is 6. The minimum atomic E-state index is -4.61. The van der Waals surface area contributed by atoms with E-state index in [-0.39, 0.29) is 11.6 Å². The van der Waals surface area contributed by atoms with Crippen LogP contribution in [-0.4, -0.2) is 28.6 Å².